The van der Waals surface area contributed by atoms with Gasteiger partial charge in [0.2, 0.25) is 5.91 Å². The van der Waals surface area contributed by atoms with Crippen LogP contribution in [0.25, 0.3) is 0 Å². The highest BCUT2D eigenvalue weighted by Crippen LogP contribution is 2.07. The predicted molar refractivity (Wildman–Crippen MR) is 51.9 cm³/mol. The van der Waals surface area contributed by atoms with Crippen molar-refractivity contribution >= 4 is 5.91 Å². The fourth-order valence-corrected chi connectivity index (χ4v) is 1.14. The molecule has 1 amide bonds. The Morgan fingerprint density at radius 2 is 2.29 bits per heavy atom. The fourth-order valence-electron chi connectivity index (χ4n) is 1.14. The van der Waals surface area contributed by atoms with Crippen molar-refractivity contribution in [1.29, 1.82) is 0 Å². The van der Waals surface area contributed by atoms with Crippen molar-refractivity contribution in [2.75, 3.05) is 20.2 Å². The van der Waals surface area contributed by atoms with Gasteiger partial charge in [-0.2, -0.15) is 0 Å². The van der Waals surface area contributed by atoms with Crippen LogP contribution in [0.15, 0.2) is 16.5 Å². The molecule has 0 saturated carbocycles. The Morgan fingerprint density at radius 1 is 1.57 bits per heavy atom. The molecule has 0 atom stereocenters. The van der Waals surface area contributed by atoms with Gasteiger partial charge in [-0.15, -0.1) is 0 Å². The second-order valence-electron chi connectivity index (χ2n) is 3.24. The number of carbonyl (C=O) groups is 1. The number of aliphatic hydroxyl groups excluding tert-OH is 1. The van der Waals surface area contributed by atoms with Crippen LogP contribution in [0.5, 0.6) is 0 Å². The third-order valence-electron chi connectivity index (χ3n) is 2.05. The summed E-state index contributed by atoms with van der Waals surface area (Å²) in [4.78, 5) is 12.5. The lowest BCUT2D eigenvalue weighted by molar-refractivity contribution is -0.132. The number of hydrogen-bond acceptors (Lipinski definition) is 3. The van der Waals surface area contributed by atoms with Crippen LogP contribution in [0.4, 0.5) is 0 Å². The summed E-state index contributed by atoms with van der Waals surface area (Å²) < 4.78 is 5.35. The average molecular weight is 197 g/mol. The van der Waals surface area contributed by atoms with Gasteiger partial charge in [0.15, 0.2) is 0 Å². The Hall–Kier alpha value is -1.29. The van der Waals surface area contributed by atoms with Crippen LogP contribution in [0.2, 0.25) is 0 Å². The van der Waals surface area contributed by atoms with E-state index < -0.39 is 6.61 Å². The van der Waals surface area contributed by atoms with Crippen molar-refractivity contribution in [3.8, 4) is 0 Å². The first-order valence-corrected chi connectivity index (χ1v) is 4.53. The summed E-state index contributed by atoms with van der Waals surface area (Å²) in [6.07, 6.45) is 0.677. The van der Waals surface area contributed by atoms with Gasteiger partial charge >= 0.3 is 0 Å². The molecule has 0 aliphatic heterocycles. The summed E-state index contributed by atoms with van der Waals surface area (Å²) in [5.41, 5.74) is 0. The third kappa shape index (κ3) is 2.88. The molecule has 4 nitrogen and oxygen atoms in total. The van der Waals surface area contributed by atoms with Crippen LogP contribution >= 0.6 is 0 Å². The molecule has 14 heavy (non-hydrogen) atoms. The molecule has 0 unspecified atom stereocenters. The summed E-state index contributed by atoms with van der Waals surface area (Å²) in [6, 6.07) is 3.79. The van der Waals surface area contributed by atoms with Gasteiger partial charge in [0.25, 0.3) is 0 Å². The maximum absolute atomic E-state index is 11.0. The van der Waals surface area contributed by atoms with Crippen molar-refractivity contribution in [1.82, 2.24) is 4.90 Å². The van der Waals surface area contributed by atoms with Crippen molar-refractivity contribution in [2.24, 2.45) is 0 Å². The Kier molecular flexibility index (Phi) is 3.71. The van der Waals surface area contributed by atoms with E-state index in [1.807, 2.05) is 19.1 Å². The molecule has 0 saturated heterocycles. The number of aryl methyl sites for hydroxylation is 1. The van der Waals surface area contributed by atoms with Gasteiger partial charge in [0, 0.05) is 20.0 Å². The summed E-state index contributed by atoms with van der Waals surface area (Å²) in [5, 5.41) is 8.59. The maximum Gasteiger partial charge on any atom is 0.248 e. The highest BCUT2D eigenvalue weighted by molar-refractivity contribution is 5.76. The van der Waals surface area contributed by atoms with Gasteiger partial charge in [-0.25, -0.2) is 0 Å². The largest absolute Gasteiger partial charge is 0.466 e. The van der Waals surface area contributed by atoms with Crippen LogP contribution in [0.3, 0.4) is 0 Å². The zero-order valence-electron chi connectivity index (χ0n) is 8.49. The highest BCUT2D eigenvalue weighted by atomic mass is 16.3. The molecule has 0 aliphatic carbocycles. The Bertz CT molecular complexity index is 306. The number of hydrogen-bond donors (Lipinski definition) is 1. The molecule has 0 bridgehead atoms. The number of nitrogens with zero attached hydrogens (tertiary/aromatic N) is 1. The van der Waals surface area contributed by atoms with E-state index in [1.54, 1.807) is 7.05 Å². The second kappa shape index (κ2) is 4.81. The molecule has 78 valence electrons. The van der Waals surface area contributed by atoms with Gasteiger partial charge in [0.1, 0.15) is 18.1 Å². The minimum atomic E-state index is -0.437. The number of rotatable bonds is 4. The predicted octanol–water partition coefficient (Wildman–Crippen LogP) is 0.581. The van der Waals surface area contributed by atoms with Crippen LogP contribution in [0, 0.1) is 6.92 Å². The van der Waals surface area contributed by atoms with Gasteiger partial charge in [-0.05, 0) is 19.1 Å². The van der Waals surface area contributed by atoms with Crippen LogP contribution < -0.4 is 0 Å². The number of furan rings is 1. The lowest BCUT2D eigenvalue weighted by Crippen LogP contribution is -2.30. The van der Waals surface area contributed by atoms with E-state index in [0.717, 1.165) is 11.5 Å². The zero-order valence-corrected chi connectivity index (χ0v) is 8.49. The van der Waals surface area contributed by atoms with Crippen molar-refractivity contribution in [3.05, 3.63) is 23.7 Å². The van der Waals surface area contributed by atoms with Crippen LogP contribution in [0.1, 0.15) is 11.5 Å². The SMILES string of the molecule is Cc1ccc(CCN(C)C(=O)CO)o1. The lowest BCUT2D eigenvalue weighted by atomic mass is 10.3. The van der Waals surface area contributed by atoms with E-state index in [-0.39, 0.29) is 5.91 Å². The summed E-state index contributed by atoms with van der Waals surface area (Å²) in [5.74, 6) is 1.46. The van der Waals surface area contributed by atoms with E-state index in [0.29, 0.717) is 13.0 Å². The molecule has 0 spiro atoms. The molecule has 1 rings (SSSR count). The topological polar surface area (TPSA) is 53.7 Å². The molecule has 1 heterocycles. The van der Waals surface area contributed by atoms with Gasteiger partial charge in [-0.1, -0.05) is 0 Å². The molecule has 4 heteroatoms. The first-order valence-electron chi connectivity index (χ1n) is 4.53. The average Bonchev–Trinajstić information content (AvgIpc) is 2.59. The molecule has 0 radical (unpaired) electrons. The van der Waals surface area contributed by atoms with E-state index in [1.165, 1.54) is 4.90 Å². The van der Waals surface area contributed by atoms with Crippen LogP contribution in [-0.4, -0.2) is 36.1 Å². The number of aliphatic hydroxyl groups is 1. The van der Waals surface area contributed by atoms with Gasteiger partial charge < -0.3 is 14.4 Å². The van der Waals surface area contributed by atoms with E-state index in [4.69, 9.17) is 9.52 Å². The number of amides is 1. The van der Waals surface area contributed by atoms with E-state index in [2.05, 4.69) is 0 Å². The van der Waals surface area contributed by atoms with Crippen molar-refractivity contribution in [3.63, 3.8) is 0 Å². The lowest BCUT2D eigenvalue weighted by Gasteiger charge is -2.14. The monoisotopic (exact) mass is 197 g/mol. The quantitative estimate of drug-likeness (QED) is 0.768. The molecule has 1 N–H and O–H groups in total. The molecule has 0 aromatic carbocycles. The Labute approximate surface area is 83.1 Å². The second-order valence-corrected chi connectivity index (χ2v) is 3.24. The van der Waals surface area contributed by atoms with Crippen molar-refractivity contribution in [2.45, 2.75) is 13.3 Å². The first-order chi connectivity index (χ1) is 6.63. The smallest absolute Gasteiger partial charge is 0.248 e. The summed E-state index contributed by atoms with van der Waals surface area (Å²) in [6.45, 7) is 2.01. The Morgan fingerprint density at radius 3 is 2.79 bits per heavy atom. The molecule has 0 aliphatic rings. The van der Waals surface area contributed by atoms with Crippen LogP contribution in [-0.2, 0) is 11.2 Å². The maximum atomic E-state index is 11.0. The highest BCUT2D eigenvalue weighted by Gasteiger charge is 2.07. The third-order valence-corrected chi connectivity index (χ3v) is 2.05. The van der Waals surface area contributed by atoms with E-state index in [9.17, 15) is 4.79 Å². The van der Waals surface area contributed by atoms with Gasteiger partial charge in [0.05, 0.1) is 0 Å². The van der Waals surface area contributed by atoms with E-state index >= 15 is 0 Å². The zero-order chi connectivity index (χ0) is 10.6. The molecule has 0 fully saturated rings. The minimum absolute atomic E-state index is 0.270. The Balaban J connectivity index is 2.37. The number of carbonyl (C=O) groups excluding carboxylic acids is 1. The molecular formula is C10H15NO3. The fraction of sp³-hybridized carbons (Fsp3) is 0.500. The molecular weight excluding hydrogens is 182 g/mol. The molecule has 1 aromatic rings. The number of likely N-dealkylation sites (N-methyl/N-ethyl adjacent to an activating group) is 1. The molecule has 1 aromatic heterocycles. The first kappa shape index (κ1) is 10.8. The standard InChI is InChI=1S/C10H15NO3/c1-8-3-4-9(14-8)5-6-11(2)10(13)7-12/h3-4,12H,5-7H2,1-2H3. The minimum Gasteiger partial charge on any atom is -0.466 e. The summed E-state index contributed by atoms with van der Waals surface area (Å²) in [7, 11) is 1.66. The normalized spacial score (nSPS) is 10.2. The van der Waals surface area contributed by atoms with Gasteiger partial charge in [-0.3, -0.25) is 4.79 Å². The summed E-state index contributed by atoms with van der Waals surface area (Å²) >= 11 is 0. The van der Waals surface area contributed by atoms with Crippen molar-refractivity contribution < 1.29 is 14.3 Å².